The van der Waals surface area contributed by atoms with Crippen molar-refractivity contribution in [1.82, 2.24) is 0 Å². The Kier molecular flexibility index (Phi) is 6.45. The van der Waals surface area contributed by atoms with Crippen LogP contribution in [0.1, 0.15) is 29.0 Å². The highest BCUT2D eigenvalue weighted by molar-refractivity contribution is 6.30. The Balaban J connectivity index is 1.74. The number of aromatic hydroxyl groups is 1. The zero-order valence-corrected chi connectivity index (χ0v) is 18.3. The normalized spacial score (nSPS) is 12.3. The van der Waals surface area contributed by atoms with Gasteiger partial charge in [-0.1, -0.05) is 65.7 Å². The summed E-state index contributed by atoms with van der Waals surface area (Å²) >= 11 is 11.9. The molecule has 0 aliphatic rings. The lowest BCUT2D eigenvalue weighted by atomic mass is 9.86. The fourth-order valence-corrected chi connectivity index (χ4v) is 3.82. The van der Waals surface area contributed by atoms with E-state index in [4.69, 9.17) is 27.6 Å². The predicted molar refractivity (Wildman–Crippen MR) is 128 cm³/mol. The SMILES string of the molecule is O=C(/C=C/c1ccc(Cl)cc1)CC(c1ccc(Cl)cc1)c1c(O)c2ccccc2oc1=O. The Morgan fingerprint density at radius 2 is 1.56 bits per heavy atom. The number of benzene rings is 3. The van der Waals surface area contributed by atoms with Crippen molar-refractivity contribution in [2.45, 2.75) is 12.3 Å². The summed E-state index contributed by atoms with van der Waals surface area (Å²) in [6.07, 6.45) is 3.09. The molecule has 1 aromatic heterocycles. The minimum atomic E-state index is -0.713. The third-order valence-electron chi connectivity index (χ3n) is 5.18. The molecule has 0 radical (unpaired) electrons. The van der Waals surface area contributed by atoms with Crippen molar-refractivity contribution in [1.29, 1.82) is 0 Å². The Hall–Kier alpha value is -3.34. The molecule has 1 atom stereocenters. The zero-order chi connectivity index (χ0) is 22.7. The van der Waals surface area contributed by atoms with E-state index in [-0.39, 0.29) is 29.1 Å². The van der Waals surface area contributed by atoms with Crippen LogP contribution in [0.2, 0.25) is 10.0 Å². The van der Waals surface area contributed by atoms with Gasteiger partial charge in [0.2, 0.25) is 0 Å². The summed E-state index contributed by atoms with van der Waals surface area (Å²) < 4.78 is 5.44. The van der Waals surface area contributed by atoms with E-state index in [0.717, 1.165) is 5.56 Å². The Labute approximate surface area is 194 Å². The third-order valence-corrected chi connectivity index (χ3v) is 5.68. The Bertz CT molecular complexity index is 1350. The van der Waals surface area contributed by atoms with Crippen LogP contribution in [0.5, 0.6) is 5.75 Å². The van der Waals surface area contributed by atoms with E-state index < -0.39 is 11.5 Å². The maximum atomic E-state index is 12.8. The fourth-order valence-electron chi connectivity index (χ4n) is 3.57. The number of rotatable bonds is 6. The van der Waals surface area contributed by atoms with Gasteiger partial charge in [0.05, 0.1) is 10.9 Å². The van der Waals surface area contributed by atoms with Gasteiger partial charge in [-0.25, -0.2) is 4.79 Å². The van der Waals surface area contributed by atoms with Gasteiger partial charge in [0.25, 0.3) is 0 Å². The molecule has 1 N–H and O–H groups in total. The number of hydrogen-bond donors (Lipinski definition) is 1. The lowest BCUT2D eigenvalue weighted by Crippen LogP contribution is -2.17. The monoisotopic (exact) mass is 464 g/mol. The molecule has 32 heavy (non-hydrogen) atoms. The van der Waals surface area contributed by atoms with Crippen molar-refractivity contribution in [2.75, 3.05) is 0 Å². The van der Waals surface area contributed by atoms with Gasteiger partial charge in [0.1, 0.15) is 11.3 Å². The van der Waals surface area contributed by atoms with E-state index in [1.54, 1.807) is 78.9 Å². The summed E-state index contributed by atoms with van der Waals surface area (Å²) in [5.74, 6) is -1.12. The van der Waals surface area contributed by atoms with Crippen LogP contribution in [0, 0.1) is 0 Å². The third kappa shape index (κ3) is 4.77. The van der Waals surface area contributed by atoms with E-state index in [1.807, 2.05) is 0 Å². The first kappa shape index (κ1) is 21.9. The minimum Gasteiger partial charge on any atom is -0.507 e. The summed E-state index contributed by atoms with van der Waals surface area (Å²) in [6.45, 7) is 0. The minimum absolute atomic E-state index is 0.0393. The number of carbonyl (C=O) groups is 1. The lowest BCUT2D eigenvalue weighted by molar-refractivity contribution is -0.114. The summed E-state index contributed by atoms with van der Waals surface area (Å²) in [4.78, 5) is 25.7. The van der Waals surface area contributed by atoms with Crippen LogP contribution in [0.25, 0.3) is 17.0 Å². The molecule has 3 aromatic carbocycles. The van der Waals surface area contributed by atoms with Gasteiger partial charge < -0.3 is 9.52 Å². The molecule has 4 rings (SSSR count). The van der Waals surface area contributed by atoms with Crippen LogP contribution in [-0.4, -0.2) is 10.9 Å². The van der Waals surface area contributed by atoms with Gasteiger partial charge >= 0.3 is 5.63 Å². The first-order valence-corrected chi connectivity index (χ1v) is 10.6. The lowest BCUT2D eigenvalue weighted by Gasteiger charge is -2.17. The maximum Gasteiger partial charge on any atom is 0.343 e. The van der Waals surface area contributed by atoms with E-state index >= 15 is 0 Å². The standard InChI is InChI=1S/C26H18Cl2O4/c27-18-10-5-16(6-11-18)7-14-20(29)15-22(17-8-12-19(28)13-9-17)24-25(30)21-3-1-2-4-23(21)32-26(24)31/h1-14,22,30H,15H2/b14-7+. The number of ketones is 1. The number of carbonyl (C=O) groups excluding carboxylic acids is 1. The summed E-state index contributed by atoms with van der Waals surface area (Å²) in [5.41, 5.74) is 1.12. The fraction of sp³-hybridized carbons (Fsp3) is 0.0769. The number of fused-ring (bicyclic) bond motifs is 1. The van der Waals surface area contributed by atoms with Crippen LogP contribution < -0.4 is 5.63 Å². The highest BCUT2D eigenvalue weighted by Gasteiger charge is 2.26. The molecule has 4 nitrogen and oxygen atoms in total. The molecule has 0 bridgehead atoms. The highest BCUT2D eigenvalue weighted by Crippen LogP contribution is 2.36. The largest absolute Gasteiger partial charge is 0.507 e. The molecule has 1 unspecified atom stereocenters. The molecule has 6 heteroatoms. The summed E-state index contributed by atoms with van der Waals surface area (Å²) in [7, 11) is 0. The van der Waals surface area contributed by atoms with E-state index in [0.29, 0.717) is 21.0 Å². The van der Waals surface area contributed by atoms with Gasteiger partial charge in [0, 0.05) is 22.4 Å². The second-order valence-electron chi connectivity index (χ2n) is 7.31. The van der Waals surface area contributed by atoms with E-state index in [9.17, 15) is 14.7 Å². The molecule has 0 spiro atoms. The first-order chi connectivity index (χ1) is 15.4. The molecule has 1 heterocycles. The second-order valence-corrected chi connectivity index (χ2v) is 8.18. The number of halogens is 2. The molecule has 0 aliphatic heterocycles. The van der Waals surface area contributed by atoms with Gasteiger partial charge in [-0.05, 0) is 53.6 Å². The predicted octanol–water partition coefficient (Wildman–Crippen LogP) is 6.61. The van der Waals surface area contributed by atoms with E-state index in [1.165, 1.54) is 6.08 Å². The van der Waals surface area contributed by atoms with Crippen molar-refractivity contribution >= 4 is 46.0 Å². The van der Waals surface area contributed by atoms with Crippen molar-refractivity contribution in [3.05, 3.63) is 116 Å². The number of hydrogen-bond acceptors (Lipinski definition) is 4. The molecule has 4 aromatic rings. The van der Waals surface area contributed by atoms with E-state index in [2.05, 4.69) is 0 Å². The average molecular weight is 465 g/mol. The molecule has 0 saturated heterocycles. The molecule has 0 saturated carbocycles. The number of allylic oxidation sites excluding steroid dienone is 1. The number of para-hydroxylation sites is 1. The average Bonchev–Trinajstić information content (AvgIpc) is 2.78. The summed E-state index contributed by atoms with van der Waals surface area (Å²) in [6, 6.07) is 20.6. The van der Waals surface area contributed by atoms with Gasteiger partial charge in [-0.3, -0.25) is 4.79 Å². The molecule has 0 amide bonds. The highest BCUT2D eigenvalue weighted by atomic mass is 35.5. The maximum absolute atomic E-state index is 12.8. The second kappa shape index (κ2) is 9.43. The topological polar surface area (TPSA) is 67.5 Å². The van der Waals surface area contributed by atoms with Crippen molar-refractivity contribution in [3.8, 4) is 5.75 Å². The molecule has 0 fully saturated rings. The Morgan fingerprint density at radius 3 is 2.25 bits per heavy atom. The summed E-state index contributed by atoms with van der Waals surface area (Å²) in [5, 5.41) is 12.5. The molecule has 0 aliphatic carbocycles. The molecular formula is C26H18Cl2O4. The smallest absolute Gasteiger partial charge is 0.343 e. The molecule has 160 valence electrons. The zero-order valence-electron chi connectivity index (χ0n) is 16.8. The van der Waals surface area contributed by atoms with Crippen LogP contribution in [-0.2, 0) is 4.79 Å². The first-order valence-electron chi connectivity index (χ1n) is 9.89. The van der Waals surface area contributed by atoms with Crippen molar-refractivity contribution < 1.29 is 14.3 Å². The van der Waals surface area contributed by atoms with Crippen molar-refractivity contribution in [3.63, 3.8) is 0 Å². The molecular weight excluding hydrogens is 447 g/mol. The van der Waals surface area contributed by atoms with Crippen LogP contribution in [0.4, 0.5) is 0 Å². The van der Waals surface area contributed by atoms with Gasteiger partial charge in [0.15, 0.2) is 5.78 Å². The van der Waals surface area contributed by atoms with Crippen molar-refractivity contribution in [2.24, 2.45) is 0 Å². The van der Waals surface area contributed by atoms with Crippen LogP contribution in [0.15, 0.2) is 88.1 Å². The van der Waals surface area contributed by atoms with Crippen LogP contribution in [0.3, 0.4) is 0 Å². The van der Waals surface area contributed by atoms with Crippen LogP contribution >= 0.6 is 23.2 Å². The van der Waals surface area contributed by atoms with Gasteiger partial charge in [-0.15, -0.1) is 0 Å². The Morgan fingerprint density at radius 1 is 0.938 bits per heavy atom. The van der Waals surface area contributed by atoms with Gasteiger partial charge in [-0.2, -0.15) is 0 Å². The quantitative estimate of drug-likeness (QED) is 0.257.